The maximum Gasteiger partial charge on any atom is 0.110 e. The van der Waals surface area contributed by atoms with Crippen LogP contribution in [0.1, 0.15) is 78.4 Å². The largest absolute Gasteiger partial charge is 0.382 e. The van der Waals surface area contributed by atoms with Gasteiger partial charge in [0.1, 0.15) is 5.60 Å². The molecule has 0 bridgehead atoms. The van der Waals surface area contributed by atoms with Crippen molar-refractivity contribution in [1.82, 2.24) is 5.32 Å². The van der Waals surface area contributed by atoms with Crippen LogP contribution >= 0.6 is 0 Å². The van der Waals surface area contributed by atoms with Gasteiger partial charge in [0.05, 0.1) is 6.61 Å². The molecule has 0 spiro atoms. The Balaban J connectivity index is 1.79. The van der Waals surface area contributed by atoms with Gasteiger partial charge in [0.15, 0.2) is 0 Å². The van der Waals surface area contributed by atoms with E-state index in [0.717, 1.165) is 19.6 Å². The van der Waals surface area contributed by atoms with Crippen LogP contribution in [0.3, 0.4) is 0 Å². The van der Waals surface area contributed by atoms with Crippen LogP contribution in [0.5, 0.6) is 0 Å². The zero-order valence-corrected chi connectivity index (χ0v) is 17.6. The van der Waals surface area contributed by atoms with Gasteiger partial charge in [-0.05, 0) is 59.6 Å². The Morgan fingerprint density at radius 3 is 2.54 bits per heavy atom. The van der Waals surface area contributed by atoms with Crippen molar-refractivity contribution in [3.63, 3.8) is 0 Å². The first-order chi connectivity index (χ1) is 12.2. The van der Waals surface area contributed by atoms with E-state index in [1.807, 2.05) is 0 Å². The van der Waals surface area contributed by atoms with E-state index < -0.39 is 0 Å². The summed E-state index contributed by atoms with van der Waals surface area (Å²) in [5.74, 6) is 1.17. The van der Waals surface area contributed by atoms with Crippen LogP contribution in [-0.2, 0) is 16.7 Å². The first-order valence-electron chi connectivity index (χ1n) is 10.4. The van der Waals surface area contributed by atoms with E-state index in [-0.39, 0.29) is 11.0 Å². The van der Waals surface area contributed by atoms with Crippen LogP contribution in [0.25, 0.3) is 0 Å². The Labute approximate surface area is 160 Å². The highest BCUT2D eigenvalue weighted by Gasteiger charge is 2.44. The summed E-state index contributed by atoms with van der Waals surface area (Å²) in [4.78, 5) is 0. The van der Waals surface area contributed by atoms with Crippen LogP contribution in [-0.4, -0.2) is 12.2 Å². The van der Waals surface area contributed by atoms with Crippen molar-refractivity contribution < 1.29 is 4.74 Å². The standard InChI is InChI=1S/C24H37NO/c1-17(2)24(13-12-18(3)16-26-24)22(20-10-11-20)25-15-19-8-7-9-21(14-19)23(4,5)6/h7-9,14,17-18,25H,10-13,15-16H2,1-6H3. The number of ether oxygens (including phenoxy) is 1. The summed E-state index contributed by atoms with van der Waals surface area (Å²) in [7, 11) is 0. The van der Waals surface area contributed by atoms with Gasteiger partial charge in [-0.25, -0.2) is 0 Å². The summed E-state index contributed by atoms with van der Waals surface area (Å²) >= 11 is 0. The first kappa shape index (κ1) is 19.5. The van der Waals surface area contributed by atoms with Crippen molar-refractivity contribution >= 4 is 0 Å². The molecular formula is C24H37NO. The van der Waals surface area contributed by atoms with Crippen LogP contribution in [0, 0.1) is 11.8 Å². The third-order valence-electron chi connectivity index (χ3n) is 6.11. The van der Waals surface area contributed by atoms with Crippen LogP contribution in [0.4, 0.5) is 0 Å². The van der Waals surface area contributed by atoms with E-state index in [2.05, 4.69) is 71.1 Å². The molecule has 1 N–H and O–H groups in total. The molecule has 2 atom stereocenters. The minimum Gasteiger partial charge on any atom is -0.382 e. The number of benzene rings is 1. The fourth-order valence-electron chi connectivity index (χ4n) is 4.07. The normalized spacial score (nSPS) is 26.1. The molecule has 2 fully saturated rings. The highest BCUT2D eigenvalue weighted by atomic mass is 16.5. The minimum atomic E-state index is -0.111. The number of nitrogens with one attached hydrogen (secondary N) is 1. The molecule has 1 aromatic rings. The lowest BCUT2D eigenvalue weighted by Gasteiger charge is -2.44. The van der Waals surface area contributed by atoms with Crippen molar-refractivity contribution in [3.05, 3.63) is 46.7 Å². The van der Waals surface area contributed by atoms with Gasteiger partial charge in [0, 0.05) is 12.2 Å². The molecule has 2 heteroatoms. The van der Waals surface area contributed by atoms with E-state index in [9.17, 15) is 0 Å². The maximum absolute atomic E-state index is 6.55. The van der Waals surface area contributed by atoms with Gasteiger partial charge < -0.3 is 10.1 Å². The average molecular weight is 356 g/mol. The van der Waals surface area contributed by atoms with Crippen LogP contribution < -0.4 is 5.32 Å². The summed E-state index contributed by atoms with van der Waals surface area (Å²) in [5.41, 5.74) is 5.83. The Bertz CT molecular complexity index is 651. The molecule has 144 valence electrons. The second-order valence-corrected chi connectivity index (χ2v) is 9.78. The highest BCUT2D eigenvalue weighted by molar-refractivity contribution is 5.34. The zero-order chi connectivity index (χ0) is 18.9. The Hall–Kier alpha value is -1.28. The van der Waals surface area contributed by atoms with E-state index in [0.29, 0.717) is 11.8 Å². The summed E-state index contributed by atoms with van der Waals surface area (Å²) < 4.78 is 6.55. The molecule has 1 saturated heterocycles. The Morgan fingerprint density at radius 2 is 2.00 bits per heavy atom. The second-order valence-electron chi connectivity index (χ2n) is 9.78. The fourth-order valence-corrected chi connectivity index (χ4v) is 4.07. The summed E-state index contributed by atoms with van der Waals surface area (Å²) in [6, 6.07) is 9.03. The predicted octanol–water partition coefficient (Wildman–Crippen LogP) is 5.96. The van der Waals surface area contributed by atoms with E-state index >= 15 is 0 Å². The molecule has 1 heterocycles. The van der Waals surface area contributed by atoms with Crippen molar-refractivity contribution in [1.29, 1.82) is 0 Å². The molecule has 26 heavy (non-hydrogen) atoms. The lowest BCUT2D eigenvalue weighted by atomic mass is 9.78. The summed E-state index contributed by atoms with van der Waals surface area (Å²) in [6.07, 6.45) is 4.87. The number of allylic oxidation sites excluding steroid dienone is 1. The third-order valence-corrected chi connectivity index (χ3v) is 6.11. The Morgan fingerprint density at radius 1 is 1.27 bits per heavy atom. The van der Waals surface area contributed by atoms with Crippen molar-refractivity contribution in [3.8, 4) is 0 Å². The van der Waals surface area contributed by atoms with Gasteiger partial charge >= 0.3 is 0 Å². The summed E-state index contributed by atoms with van der Waals surface area (Å²) in [6.45, 7) is 15.6. The maximum atomic E-state index is 6.55. The molecule has 0 radical (unpaired) electrons. The van der Waals surface area contributed by atoms with Crippen molar-refractivity contribution in [2.75, 3.05) is 6.61 Å². The first-order valence-corrected chi connectivity index (χ1v) is 10.4. The molecule has 2 nitrogen and oxygen atoms in total. The second kappa shape index (κ2) is 7.38. The van der Waals surface area contributed by atoms with Gasteiger partial charge in [-0.3, -0.25) is 0 Å². The SMILES string of the molecule is CC1CCC(C(NCc2cccc(C(C)(C)C)c2)=C2CC2)(C(C)C)OC1. The number of hydrogen-bond acceptors (Lipinski definition) is 2. The molecule has 1 aliphatic carbocycles. The third kappa shape index (κ3) is 4.17. The smallest absolute Gasteiger partial charge is 0.110 e. The topological polar surface area (TPSA) is 21.3 Å². The molecule has 1 aromatic carbocycles. The summed E-state index contributed by atoms with van der Waals surface area (Å²) in [5, 5.41) is 3.84. The van der Waals surface area contributed by atoms with Gasteiger partial charge in [-0.2, -0.15) is 0 Å². The molecular weight excluding hydrogens is 318 g/mol. The highest BCUT2D eigenvalue weighted by Crippen LogP contribution is 2.45. The van der Waals surface area contributed by atoms with E-state index in [1.54, 1.807) is 5.57 Å². The van der Waals surface area contributed by atoms with Crippen LogP contribution in [0.15, 0.2) is 35.5 Å². The average Bonchev–Trinajstić information content (AvgIpc) is 3.41. The van der Waals surface area contributed by atoms with Gasteiger partial charge in [-0.15, -0.1) is 0 Å². The lowest BCUT2D eigenvalue weighted by Crippen LogP contribution is -2.49. The molecule has 2 aliphatic rings. The predicted molar refractivity (Wildman–Crippen MR) is 110 cm³/mol. The number of rotatable bonds is 5. The molecule has 1 saturated carbocycles. The molecule has 3 rings (SSSR count). The Kier molecular flexibility index (Phi) is 5.53. The molecule has 0 aromatic heterocycles. The lowest BCUT2D eigenvalue weighted by molar-refractivity contribution is -0.104. The van der Waals surface area contributed by atoms with Gasteiger partial charge in [0.2, 0.25) is 0 Å². The fraction of sp³-hybridized carbons (Fsp3) is 0.667. The van der Waals surface area contributed by atoms with Gasteiger partial charge in [0.25, 0.3) is 0 Å². The van der Waals surface area contributed by atoms with Crippen molar-refractivity contribution in [2.45, 2.75) is 84.8 Å². The minimum absolute atomic E-state index is 0.111. The van der Waals surface area contributed by atoms with Crippen molar-refractivity contribution in [2.24, 2.45) is 11.8 Å². The van der Waals surface area contributed by atoms with Crippen LogP contribution in [0.2, 0.25) is 0 Å². The molecule has 0 amide bonds. The molecule has 1 aliphatic heterocycles. The van der Waals surface area contributed by atoms with Gasteiger partial charge in [-0.1, -0.05) is 65.8 Å². The monoisotopic (exact) mass is 355 g/mol. The number of hydrogen-bond donors (Lipinski definition) is 1. The zero-order valence-electron chi connectivity index (χ0n) is 17.6. The molecule has 2 unspecified atom stereocenters. The van der Waals surface area contributed by atoms with E-state index in [4.69, 9.17) is 4.74 Å². The quantitative estimate of drug-likeness (QED) is 0.703. The van der Waals surface area contributed by atoms with E-state index in [1.165, 1.54) is 36.1 Å².